The van der Waals surface area contributed by atoms with Gasteiger partial charge in [-0.2, -0.15) is 0 Å². The molecule has 0 aromatic heterocycles. The Kier molecular flexibility index (Phi) is 5.64. The first-order valence-corrected chi connectivity index (χ1v) is 8.05. The largest absolute Gasteiger partial charge is 0.493 e. The first kappa shape index (κ1) is 15.4. The molecule has 0 radical (unpaired) electrons. The fourth-order valence-corrected chi connectivity index (χ4v) is 2.33. The van der Waals surface area contributed by atoms with Crippen molar-refractivity contribution < 1.29 is 9.53 Å². The lowest BCUT2D eigenvalue weighted by molar-refractivity contribution is 0.104. The van der Waals surface area contributed by atoms with Crippen LogP contribution in [0.3, 0.4) is 0 Å². The van der Waals surface area contributed by atoms with Gasteiger partial charge in [0.1, 0.15) is 5.75 Å². The van der Waals surface area contributed by atoms with E-state index in [1.165, 1.54) is 0 Å². The van der Waals surface area contributed by atoms with Crippen molar-refractivity contribution in [3.63, 3.8) is 0 Å². The van der Waals surface area contributed by atoms with Crippen molar-refractivity contribution in [3.8, 4) is 5.75 Å². The minimum Gasteiger partial charge on any atom is -0.493 e. The van der Waals surface area contributed by atoms with Gasteiger partial charge < -0.3 is 4.74 Å². The average Bonchev–Trinajstić information content (AvgIpc) is 2.54. The molecule has 2 rings (SSSR count). The maximum atomic E-state index is 12.2. The van der Waals surface area contributed by atoms with Crippen LogP contribution in [-0.2, 0) is 0 Å². The van der Waals surface area contributed by atoms with E-state index in [1.807, 2.05) is 61.7 Å². The van der Waals surface area contributed by atoms with E-state index in [2.05, 4.69) is 0 Å². The van der Waals surface area contributed by atoms with Gasteiger partial charge in [-0.3, -0.25) is 4.79 Å². The number of carbonyl (C=O) groups excluding carboxylic acids is 1. The number of hydrogen-bond acceptors (Lipinski definition) is 3. The van der Waals surface area contributed by atoms with Gasteiger partial charge >= 0.3 is 0 Å². The van der Waals surface area contributed by atoms with Gasteiger partial charge in [-0.25, -0.2) is 0 Å². The van der Waals surface area contributed by atoms with Gasteiger partial charge in [0.25, 0.3) is 0 Å². The summed E-state index contributed by atoms with van der Waals surface area (Å²) < 4.78 is 5.54. The Morgan fingerprint density at radius 2 is 1.86 bits per heavy atom. The van der Waals surface area contributed by atoms with Gasteiger partial charge in [0, 0.05) is 16.0 Å². The molecule has 0 unspecified atom stereocenters. The molecule has 2 aromatic rings. The number of thioether (sulfide) groups is 1. The molecule has 0 aliphatic carbocycles. The summed E-state index contributed by atoms with van der Waals surface area (Å²) in [5.41, 5.74) is 1.60. The van der Waals surface area contributed by atoms with Gasteiger partial charge in [-0.1, -0.05) is 18.2 Å². The SMILES string of the molecule is CCOc1ccccc1C=CC(=O)c1ccc(SC)cc1. The Morgan fingerprint density at radius 1 is 1.14 bits per heavy atom. The maximum Gasteiger partial charge on any atom is 0.185 e. The van der Waals surface area contributed by atoms with Crippen molar-refractivity contribution in [3.05, 3.63) is 65.7 Å². The van der Waals surface area contributed by atoms with Crippen LogP contribution in [0.1, 0.15) is 22.8 Å². The van der Waals surface area contributed by atoms with Gasteiger partial charge in [0.2, 0.25) is 0 Å². The molecule has 2 nitrogen and oxygen atoms in total. The van der Waals surface area contributed by atoms with Crippen LogP contribution in [0, 0.1) is 0 Å². The van der Waals surface area contributed by atoms with Crippen LogP contribution in [0.15, 0.2) is 59.5 Å². The third-order valence-corrected chi connectivity index (χ3v) is 3.75. The second-order valence-corrected chi connectivity index (χ2v) is 5.28. The van der Waals surface area contributed by atoms with Crippen molar-refractivity contribution in [1.82, 2.24) is 0 Å². The van der Waals surface area contributed by atoms with Crippen LogP contribution < -0.4 is 4.74 Å². The quantitative estimate of drug-likeness (QED) is 0.439. The molecule has 0 saturated heterocycles. The molecule has 0 spiro atoms. The Hall–Kier alpha value is -2.00. The van der Waals surface area contributed by atoms with Gasteiger partial charge in [-0.15, -0.1) is 11.8 Å². The Labute approximate surface area is 129 Å². The second kappa shape index (κ2) is 7.70. The molecule has 0 fully saturated rings. The van der Waals surface area contributed by atoms with E-state index >= 15 is 0 Å². The molecular weight excluding hydrogens is 280 g/mol. The summed E-state index contributed by atoms with van der Waals surface area (Å²) in [7, 11) is 0. The summed E-state index contributed by atoms with van der Waals surface area (Å²) in [6.07, 6.45) is 5.41. The smallest absolute Gasteiger partial charge is 0.185 e. The van der Waals surface area contributed by atoms with Crippen molar-refractivity contribution >= 4 is 23.6 Å². The highest BCUT2D eigenvalue weighted by molar-refractivity contribution is 7.98. The second-order valence-electron chi connectivity index (χ2n) is 4.40. The lowest BCUT2D eigenvalue weighted by Gasteiger charge is -2.06. The van der Waals surface area contributed by atoms with Crippen LogP contribution in [-0.4, -0.2) is 18.6 Å². The molecule has 0 aliphatic rings. The van der Waals surface area contributed by atoms with E-state index in [0.717, 1.165) is 16.2 Å². The van der Waals surface area contributed by atoms with Crippen LogP contribution in [0.5, 0.6) is 5.75 Å². The summed E-state index contributed by atoms with van der Waals surface area (Å²) >= 11 is 1.66. The molecule has 21 heavy (non-hydrogen) atoms. The topological polar surface area (TPSA) is 26.3 Å². The summed E-state index contributed by atoms with van der Waals surface area (Å²) in [5.74, 6) is 0.788. The van der Waals surface area contributed by atoms with E-state index in [1.54, 1.807) is 23.9 Å². The minimum atomic E-state index is -0.00560. The highest BCUT2D eigenvalue weighted by atomic mass is 32.2. The lowest BCUT2D eigenvalue weighted by atomic mass is 10.1. The zero-order chi connectivity index (χ0) is 15.1. The first-order chi connectivity index (χ1) is 10.2. The van der Waals surface area contributed by atoms with Crippen molar-refractivity contribution in [2.45, 2.75) is 11.8 Å². The zero-order valence-corrected chi connectivity index (χ0v) is 13.0. The van der Waals surface area contributed by atoms with Crippen LogP contribution >= 0.6 is 11.8 Å². The van der Waals surface area contributed by atoms with Crippen molar-refractivity contribution in [2.24, 2.45) is 0 Å². The third kappa shape index (κ3) is 4.23. The minimum absolute atomic E-state index is 0.00560. The molecule has 0 amide bonds. The number of carbonyl (C=O) groups is 1. The number of rotatable bonds is 6. The molecule has 108 valence electrons. The summed E-state index contributed by atoms with van der Waals surface area (Å²) in [6.45, 7) is 2.55. The van der Waals surface area contributed by atoms with E-state index in [-0.39, 0.29) is 5.78 Å². The maximum absolute atomic E-state index is 12.2. The highest BCUT2D eigenvalue weighted by Crippen LogP contribution is 2.20. The van der Waals surface area contributed by atoms with Crippen LogP contribution in [0.25, 0.3) is 6.08 Å². The highest BCUT2D eigenvalue weighted by Gasteiger charge is 2.03. The number of ether oxygens (including phenoxy) is 1. The predicted molar refractivity (Wildman–Crippen MR) is 89.2 cm³/mol. The van der Waals surface area contributed by atoms with E-state index < -0.39 is 0 Å². The molecule has 2 aromatic carbocycles. The summed E-state index contributed by atoms with van der Waals surface area (Å²) in [6, 6.07) is 15.3. The monoisotopic (exact) mass is 298 g/mol. The zero-order valence-electron chi connectivity index (χ0n) is 12.2. The van der Waals surface area contributed by atoms with E-state index in [0.29, 0.717) is 12.2 Å². The van der Waals surface area contributed by atoms with Gasteiger partial charge in [-0.05, 0) is 55.7 Å². The van der Waals surface area contributed by atoms with E-state index in [4.69, 9.17) is 4.74 Å². The summed E-state index contributed by atoms with van der Waals surface area (Å²) in [5, 5.41) is 0. The Balaban J connectivity index is 2.14. The standard InChI is InChI=1S/C18H18O2S/c1-3-20-18-7-5-4-6-15(18)10-13-17(19)14-8-11-16(21-2)12-9-14/h4-13H,3H2,1-2H3. The fraction of sp³-hybridized carbons (Fsp3) is 0.167. The number of para-hydroxylation sites is 1. The molecule has 0 heterocycles. The Bertz CT molecular complexity index is 630. The average molecular weight is 298 g/mol. The first-order valence-electron chi connectivity index (χ1n) is 6.83. The molecule has 3 heteroatoms. The third-order valence-electron chi connectivity index (χ3n) is 3.01. The Morgan fingerprint density at radius 3 is 2.52 bits per heavy atom. The molecule has 0 saturated carbocycles. The molecule has 0 bridgehead atoms. The van der Waals surface area contributed by atoms with Crippen molar-refractivity contribution in [1.29, 1.82) is 0 Å². The molecular formula is C18H18O2S. The number of ketones is 1. The molecule has 0 atom stereocenters. The fourth-order valence-electron chi connectivity index (χ4n) is 1.92. The van der Waals surface area contributed by atoms with Crippen LogP contribution in [0.2, 0.25) is 0 Å². The predicted octanol–water partition coefficient (Wildman–Crippen LogP) is 4.70. The number of hydrogen-bond donors (Lipinski definition) is 0. The van der Waals surface area contributed by atoms with E-state index in [9.17, 15) is 4.79 Å². The molecule has 0 aliphatic heterocycles. The lowest BCUT2D eigenvalue weighted by Crippen LogP contribution is -1.95. The van der Waals surface area contributed by atoms with Gasteiger partial charge in [0.15, 0.2) is 5.78 Å². The number of allylic oxidation sites excluding steroid dienone is 1. The van der Waals surface area contributed by atoms with Gasteiger partial charge in [0.05, 0.1) is 6.61 Å². The van der Waals surface area contributed by atoms with Crippen molar-refractivity contribution in [2.75, 3.05) is 12.9 Å². The van der Waals surface area contributed by atoms with Crippen LogP contribution in [0.4, 0.5) is 0 Å². The normalized spacial score (nSPS) is 10.8. The number of benzene rings is 2. The molecule has 0 N–H and O–H groups in total. The summed E-state index contributed by atoms with van der Waals surface area (Å²) in [4.78, 5) is 13.3.